The van der Waals surface area contributed by atoms with Crippen LogP contribution < -0.4 is 5.32 Å². The number of aryl methyl sites for hydroxylation is 3. The first-order valence-electron chi connectivity index (χ1n) is 6.82. The smallest absolute Gasteiger partial charge is 0.273 e. The summed E-state index contributed by atoms with van der Waals surface area (Å²) in [6, 6.07) is 1.72. The van der Waals surface area contributed by atoms with Gasteiger partial charge in [-0.2, -0.15) is 0 Å². The Balaban J connectivity index is 1.69. The Labute approximate surface area is 116 Å². The molecule has 2 aromatic rings. The number of amides is 1. The van der Waals surface area contributed by atoms with Crippen LogP contribution in [0.2, 0.25) is 0 Å². The van der Waals surface area contributed by atoms with Crippen LogP contribution in [0.1, 0.15) is 41.2 Å². The Morgan fingerprint density at radius 3 is 3.10 bits per heavy atom. The second-order valence-corrected chi connectivity index (χ2v) is 5.03. The van der Waals surface area contributed by atoms with Crippen molar-refractivity contribution < 1.29 is 9.32 Å². The first-order chi connectivity index (χ1) is 9.67. The molecule has 1 N–H and O–H groups in total. The molecule has 1 amide bonds. The van der Waals surface area contributed by atoms with Gasteiger partial charge in [-0.1, -0.05) is 12.1 Å². The van der Waals surface area contributed by atoms with E-state index in [1.165, 1.54) is 0 Å². The molecule has 1 aliphatic heterocycles. The van der Waals surface area contributed by atoms with Crippen LogP contribution in [0.15, 0.2) is 10.6 Å². The number of rotatable bonds is 3. The highest BCUT2D eigenvalue weighted by Gasteiger charge is 2.24. The van der Waals surface area contributed by atoms with Crippen LogP contribution in [0, 0.1) is 6.92 Å². The molecule has 0 saturated carbocycles. The van der Waals surface area contributed by atoms with Crippen molar-refractivity contribution in [3.05, 3.63) is 29.2 Å². The van der Waals surface area contributed by atoms with Gasteiger partial charge in [0, 0.05) is 31.5 Å². The van der Waals surface area contributed by atoms with Gasteiger partial charge in [-0.15, -0.1) is 10.2 Å². The van der Waals surface area contributed by atoms with E-state index in [-0.39, 0.29) is 11.9 Å². The van der Waals surface area contributed by atoms with Crippen LogP contribution >= 0.6 is 0 Å². The molecule has 0 aromatic carbocycles. The summed E-state index contributed by atoms with van der Waals surface area (Å²) in [5.74, 6) is 2.41. The number of aromatic nitrogens is 4. The molecule has 106 valence electrons. The molecule has 0 saturated heterocycles. The number of hydrogen-bond donors (Lipinski definition) is 1. The number of carbonyl (C=O) groups is 1. The molecule has 1 atom stereocenters. The Hall–Kier alpha value is -2.18. The van der Waals surface area contributed by atoms with Gasteiger partial charge in [0.25, 0.3) is 5.91 Å². The Morgan fingerprint density at radius 1 is 1.55 bits per heavy atom. The third-order valence-corrected chi connectivity index (χ3v) is 3.54. The van der Waals surface area contributed by atoms with Crippen molar-refractivity contribution in [1.29, 1.82) is 0 Å². The van der Waals surface area contributed by atoms with E-state index in [0.29, 0.717) is 18.0 Å². The molecule has 0 bridgehead atoms. The number of nitrogens with zero attached hydrogens (tertiary/aromatic N) is 4. The SMILES string of the molecule is CCc1nnc2n1C[C@@H](NC(=O)c1cc(C)on1)CC2. The first-order valence-corrected chi connectivity index (χ1v) is 6.82. The number of carbonyl (C=O) groups excluding carboxylic acids is 1. The van der Waals surface area contributed by atoms with Crippen LogP contribution in [-0.4, -0.2) is 31.9 Å². The summed E-state index contributed by atoms with van der Waals surface area (Å²) in [6.07, 6.45) is 2.54. The lowest BCUT2D eigenvalue weighted by molar-refractivity contribution is 0.0918. The van der Waals surface area contributed by atoms with Gasteiger partial charge in [0.2, 0.25) is 0 Å². The summed E-state index contributed by atoms with van der Waals surface area (Å²) in [5, 5.41) is 15.1. The summed E-state index contributed by atoms with van der Waals surface area (Å²) >= 11 is 0. The minimum atomic E-state index is -0.193. The summed E-state index contributed by atoms with van der Waals surface area (Å²) in [6.45, 7) is 4.53. The predicted octanol–water partition coefficient (Wildman–Crippen LogP) is 0.882. The highest BCUT2D eigenvalue weighted by Crippen LogP contribution is 2.16. The van der Waals surface area contributed by atoms with Crippen molar-refractivity contribution in [3.63, 3.8) is 0 Å². The van der Waals surface area contributed by atoms with Gasteiger partial charge in [-0.25, -0.2) is 0 Å². The highest BCUT2D eigenvalue weighted by atomic mass is 16.5. The average molecular weight is 275 g/mol. The van der Waals surface area contributed by atoms with E-state index >= 15 is 0 Å². The molecule has 7 nitrogen and oxygen atoms in total. The number of nitrogens with one attached hydrogen (secondary N) is 1. The largest absolute Gasteiger partial charge is 0.361 e. The molecular formula is C13H17N5O2. The minimum absolute atomic E-state index is 0.0771. The Bertz CT molecular complexity index is 617. The molecule has 20 heavy (non-hydrogen) atoms. The van der Waals surface area contributed by atoms with Crippen molar-refractivity contribution >= 4 is 5.91 Å². The fraction of sp³-hybridized carbons (Fsp3) is 0.538. The van der Waals surface area contributed by atoms with E-state index < -0.39 is 0 Å². The van der Waals surface area contributed by atoms with Gasteiger partial charge in [-0.05, 0) is 13.3 Å². The third-order valence-electron chi connectivity index (χ3n) is 3.54. The van der Waals surface area contributed by atoms with Crippen LogP contribution in [-0.2, 0) is 19.4 Å². The van der Waals surface area contributed by atoms with Crippen molar-refractivity contribution in [3.8, 4) is 0 Å². The molecular weight excluding hydrogens is 258 g/mol. The second-order valence-electron chi connectivity index (χ2n) is 5.03. The van der Waals surface area contributed by atoms with Gasteiger partial charge in [-0.3, -0.25) is 4.79 Å². The maximum absolute atomic E-state index is 12.1. The Kier molecular flexibility index (Phi) is 3.25. The van der Waals surface area contributed by atoms with E-state index in [0.717, 1.165) is 30.9 Å². The predicted molar refractivity (Wildman–Crippen MR) is 70.2 cm³/mol. The fourth-order valence-electron chi connectivity index (χ4n) is 2.50. The summed E-state index contributed by atoms with van der Waals surface area (Å²) in [7, 11) is 0. The zero-order valence-corrected chi connectivity index (χ0v) is 11.6. The van der Waals surface area contributed by atoms with Gasteiger partial charge in [0.15, 0.2) is 5.69 Å². The zero-order chi connectivity index (χ0) is 14.1. The van der Waals surface area contributed by atoms with Gasteiger partial charge in [0.05, 0.1) is 0 Å². The summed E-state index contributed by atoms with van der Waals surface area (Å²) < 4.78 is 7.02. The number of hydrogen-bond acceptors (Lipinski definition) is 5. The normalized spacial score (nSPS) is 17.8. The molecule has 3 heterocycles. The number of fused-ring (bicyclic) bond motifs is 1. The molecule has 0 fully saturated rings. The lowest BCUT2D eigenvalue weighted by atomic mass is 10.1. The topological polar surface area (TPSA) is 85.8 Å². The standard InChI is InChI=1S/C13H17N5O2/c1-3-11-15-16-12-5-4-9(7-18(11)12)14-13(19)10-6-8(2)20-17-10/h6,9H,3-5,7H2,1-2H3,(H,14,19)/t9-/m0/s1. The summed E-state index contributed by atoms with van der Waals surface area (Å²) in [5.41, 5.74) is 0.327. The molecule has 2 aromatic heterocycles. The van der Waals surface area contributed by atoms with E-state index in [9.17, 15) is 4.79 Å². The zero-order valence-electron chi connectivity index (χ0n) is 11.6. The molecule has 0 radical (unpaired) electrons. The first kappa shape index (κ1) is 12.8. The van der Waals surface area contributed by atoms with Crippen molar-refractivity contribution in [1.82, 2.24) is 25.2 Å². The van der Waals surface area contributed by atoms with E-state index in [1.807, 2.05) is 0 Å². The van der Waals surface area contributed by atoms with E-state index in [4.69, 9.17) is 4.52 Å². The maximum Gasteiger partial charge on any atom is 0.273 e. The molecule has 0 unspecified atom stereocenters. The van der Waals surface area contributed by atoms with Crippen molar-refractivity contribution in [2.45, 2.75) is 45.7 Å². The van der Waals surface area contributed by atoms with Crippen molar-refractivity contribution in [2.24, 2.45) is 0 Å². The van der Waals surface area contributed by atoms with E-state index in [1.54, 1.807) is 13.0 Å². The van der Waals surface area contributed by atoms with Crippen LogP contribution in [0.25, 0.3) is 0 Å². The molecule has 7 heteroatoms. The quantitative estimate of drug-likeness (QED) is 0.898. The monoisotopic (exact) mass is 275 g/mol. The molecule has 1 aliphatic rings. The van der Waals surface area contributed by atoms with Crippen LogP contribution in [0.3, 0.4) is 0 Å². The minimum Gasteiger partial charge on any atom is -0.361 e. The van der Waals surface area contributed by atoms with E-state index in [2.05, 4.69) is 32.2 Å². The van der Waals surface area contributed by atoms with Gasteiger partial charge in [0.1, 0.15) is 17.4 Å². The van der Waals surface area contributed by atoms with Crippen LogP contribution in [0.5, 0.6) is 0 Å². The average Bonchev–Trinajstić information content (AvgIpc) is 3.04. The second kappa shape index (κ2) is 5.07. The lowest BCUT2D eigenvalue weighted by Crippen LogP contribution is -2.41. The Morgan fingerprint density at radius 2 is 2.40 bits per heavy atom. The molecule has 0 aliphatic carbocycles. The van der Waals surface area contributed by atoms with Gasteiger partial charge < -0.3 is 14.4 Å². The van der Waals surface area contributed by atoms with Crippen LogP contribution in [0.4, 0.5) is 0 Å². The molecule has 0 spiro atoms. The molecule has 3 rings (SSSR count). The third kappa shape index (κ3) is 2.31. The fourth-order valence-corrected chi connectivity index (χ4v) is 2.50. The van der Waals surface area contributed by atoms with Crippen molar-refractivity contribution in [2.75, 3.05) is 0 Å². The lowest BCUT2D eigenvalue weighted by Gasteiger charge is -2.24. The summed E-state index contributed by atoms with van der Waals surface area (Å²) in [4.78, 5) is 12.1. The van der Waals surface area contributed by atoms with Gasteiger partial charge >= 0.3 is 0 Å². The highest BCUT2D eigenvalue weighted by molar-refractivity contribution is 5.92. The maximum atomic E-state index is 12.1.